The van der Waals surface area contributed by atoms with Crippen molar-refractivity contribution in [1.82, 2.24) is 15.7 Å². The van der Waals surface area contributed by atoms with Gasteiger partial charge in [0.1, 0.15) is 5.75 Å². The van der Waals surface area contributed by atoms with E-state index >= 15 is 0 Å². The third-order valence-electron chi connectivity index (χ3n) is 2.80. The number of amides is 2. The maximum absolute atomic E-state index is 11.8. The molecule has 1 aromatic heterocycles. The Balaban J connectivity index is 1.86. The van der Waals surface area contributed by atoms with Crippen LogP contribution in [-0.2, 0) is 4.79 Å². The van der Waals surface area contributed by atoms with Gasteiger partial charge in [-0.1, -0.05) is 0 Å². The highest BCUT2D eigenvalue weighted by atomic mass is 127. The van der Waals surface area contributed by atoms with Gasteiger partial charge in [0.05, 0.1) is 16.3 Å². The number of halogens is 2. The first kappa shape index (κ1) is 18.6. The van der Waals surface area contributed by atoms with Gasteiger partial charge >= 0.3 is 0 Å². The van der Waals surface area contributed by atoms with Crippen molar-refractivity contribution in [3.05, 3.63) is 54.9 Å². The normalized spacial score (nSPS) is 10.6. The highest BCUT2D eigenvalue weighted by Crippen LogP contribution is 2.25. The number of phenolic OH excluding ortho intramolecular Hbond substituents is 1. The van der Waals surface area contributed by atoms with Gasteiger partial charge in [-0.3, -0.25) is 14.6 Å². The van der Waals surface area contributed by atoms with E-state index in [1.807, 2.05) is 28.7 Å². The van der Waals surface area contributed by atoms with E-state index in [-0.39, 0.29) is 18.2 Å². The molecule has 0 saturated heterocycles. The van der Waals surface area contributed by atoms with E-state index < -0.39 is 5.91 Å². The van der Waals surface area contributed by atoms with Gasteiger partial charge in [-0.15, -0.1) is 0 Å². The minimum Gasteiger partial charge on any atom is -0.506 e. The highest BCUT2D eigenvalue weighted by Gasteiger charge is 2.08. The number of aromatic nitrogens is 1. The van der Waals surface area contributed by atoms with Gasteiger partial charge in [-0.05, 0) is 69.4 Å². The number of nitrogens with one attached hydrogen (secondary N) is 2. The molecule has 0 spiro atoms. The first-order valence-corrected chi connectivity index (χ1v) is 8.81. The van der Waals surface area contributed by atoms with Gasteiger partial charge in [-0.25, -0.2) is 5.43 Å². The molecule has 9 heteroatoms. The molecule has 0 unspecified atom stereocenters. The van der Waals surface area contributed by atoms with Gasteiger partial charge in [0.25, 0.3) is 11.8 Å². The average Bonchev–Trinajstić information content (AvgIpc) is 2.57. The topological polar surface area (TPSA) is 104 Å². The second-order valence-electron chi connectivity index (χ2n) is 4.54. The van der Waals surface area contributed by atoms with Crippen LogP contribution in [0.15, 0.2) is 41.8 Å². The number of hydrazone groups is 1. The number of nitrogens with zero attached hydrogens (tertiary/aromatic N) is 2. The molecule has 0 saturated carbocycles. The molecular formula is C15H12I2N4O3. The molecule has 24 heavy (non-hydrogen) atoms. The molecule has 1 heterocycles. The number of aromatic hydroxyl groups is 1. The first-order valence-electron chi connectivity index (χ1n) is 6.65. The lowest BCUT2D eigenvalue weighted by Gasteiger charge is -2.05. The fraction of sp³-hybridized carbons (Fsp3) is 0.0667. The van der Waals surface area contributed by atoms with Crippen LogP contribution in [0, 0.1) is 7.14 Å². The van der Waals surface area contributed by atoms with Crippen molar-refractivity contribution in [3.63, 3.8) is 0 Å². The third-order valence-corrected chi connectivity index (χ3v) is 4.25. The number of hydrogen-bond acceptors (Lipinski definition) is 5. The van der Waals surface area contributed by atoms with E-state index in [4.69, 9.17) is 0 Å². The van der Waals surface area contributed by atoms with E-state index in [1.165, 1.54) is 18.6 Å². The van der Waals surface area contributed by atoms with Gasteiger partial charge in [-0.2, -0.15) is 5.10 Å². The second kappa shape index (κ2) is 8.92. The summed E-state index contributed by atoms with van der Waals surface area (Å²) in [4.78, 5) is 27.3. The predicted octanol–water partition coefficient (Wildman–Crippen LogP) is 1.88. The second-order valence-corrected chi connectivity index (χ2v) is 6.95. The number of carbonyl (C=O) groups is 2. The molecule has 0 fully saturated rings. The van der Waals surface area contributed by atoms with E-state index in [1.54, 1.807) is 18.2 Å². The molecule has 0 atom stereocenters. The standard InChI is InChI=1S/C15H12I2N4O3/c16-11-5-10(14(23)12(17)6-11)7-20-21-13(22)8-19-15(24)9-1-3-18-4-2-9/h1-7,23H,8H2,(H,19,24)(H,21,22)/b20-7+. The number of hydrogen-bond donors (Lipinski definition) is 3. The molecule has 0 aliphatic rings. The quantitative estimate of drug-likeness (QED) is 0.301. The molecule has 3 N–H and O–H groups in total. The zero-order valence-corrected chi connectivity index (χ0v) is 16.5. The summed E-state index contributed by atoms with van der Waals surface area (Å²) in [5, 5.41) is 16.2. The molecule has 0 aliphatic heterocycles. The summed E-state index contributed by atoms with van der Waals surface area (Å²) < 4.78 is 1.63. The monoisotopic (exact) mass is 550 g/mol. The molecule has 1 aromatic carbocycles. The average molecular weight is 550 g/mol. The summed E-state index contributed by atoms with van der Waals surface area (Å²) in [5.74, 6) is -0.755. The van der Waals surface area contributed by atoms with Crippen LogP contribution in [-0.4, -0.2) is 34.7 Å². The molecular weight excluding hydrogens is 538 g/mol. The number of carbonyl (C=O) groups excluding carboxylic acids is 2. The van der Waals surface area contributed by atoms with Crippen LogP contribution in [0.2, 0.25) is 0 Å². The van der Waals surface area contributed by atoms with E-state index in [2.05, 4.69) is 43.4 Å². The van der Waals surface area contributed by atoms with Gasteiger partial charge < -0.3 is 10.4 Å². The molecule has 0 radical (unpaired) electrons. The molecule has 2 amide bonds. The van der Waals surface area contributed by atoms with Crippen molar-refractivity contribution in [3.8, 4) is 5.75 Å². The van der Waals surface area contributed by atoms with Crippen LogP contribution in [0.5, 0.6) is 5.75 Å². The molecule has 2 aromatic rings. The Morgan fingerprint density at radius 2 is 1.96 bits per heavy atom. The van der Waals surface area contributed by atoms with Crippen molar-refractivity contribution >= 4 is 63.2 Å². The maximum atomic E-state index is 11.8. The molecule has 0 aliphatic carbocycles. The Hall–Kier alpha value is -1.76. The molecule has 2 rings (SSSR count). The van der Waals surface area contributed by atoms with Gasteiger partial charge in [0, 0.05) is 27.1 Å². The largest absolute Gasteiger partial charge is 0.506 e. The summed E-state index contributed by atoms with van der Waals surface area (Å²) in [5.41, 5.74) is 3.20. The van der Waals surface area contributed by atoms with Crippen molar-refractivity contribution in [2.45, 2.75) is 0 Å². The van der Waals surface area contributed by atoms with Crippen LogP contribution < -0.4 is 10.7 Å². The Morgan fingerprint density at radius 1 is 1.25 bits per heavy atom. The van der Waals surface area contributed by atoms with E-state index in [0.717, 1.165) is 3.57 Å². The lowest BCUT2D eigenvalue weighted by atomic mass is 10.2. The lowest BCUT2D eigenvalue weighted by molar-refractivity contribution is -0.120. The summed E-state index contributed by atoms with van der Waals surface area (Å²) in [6, 6.07) is 6.65. The van der Waals surface area contributed by atoms with Crippen LogP contribution in [0.4, 0.5) is 0 Å². The van der Waals surface area contributed by atoms with Crippen LogP contribution in [0.25, 0.3) is 0 Å². The minimum atomic E-state index is -0.478. The number of pyridine rings is 1. The molecule has 0 bridgehead atoms. The Bertz CT molecular complexity index is 782. The highest BCUT2D eigenvalue weighted by molar-refractivity contribution is 14.1. The Morgan fingerprint density at radius 3 is 2.67 bits per heavy atom. The zero-order valence-electron chi connectivity index (χ0n) is 12.2. The van der Waals surface area contributed by atoms with Crippen molar-refractivity contribution in [2.75, 3.05) is 6.54 Å². The lowest BCUT2D eigenvalue weighted by Crippen LogP contribution is -2.34. The SMILES string of the molecule is O=C(CNC(=O)c1ccncc1)N/N=C/c1cc(I)cc(I)c1O. The van der Waals surface area contributed by atoms with Gasteiger partial charge in [0.2, 0.25) is 0 Å². The fourth-order valence-electron chi connectivity index (χ4n) is 1.66. The molecule has 124 valence electrons. The Labute approximate surface area is 165 Å². The van der Waals surface area contributed by atoms with Gasteiger partial charge in [0.15, 0.2) is 0 Å². The smallest absolute Gasteiger partial charge is 0.259 e. The van der Waals surface area contributed by atoms with Crippen molar-refractivity contribution in [1.29, 1.82) is 0 Å². The minimum absolute atomic E-state index is 0.0972. The zero-order chi connectivity index (χ0) is 17.5. The molecule has 7 nitrogen and oxygen atoms in total. The predicted molar refractivity (Wildman–Crippen MR) is 106 cm³/mol. The van der Waals surface area contributed by atoms with Crippen LogP contribution in [0.1, 0.15) is 15.9 Å². The summed E-state index contributed by atoms with van der Waals surface area (Å²) in [6.07, 6.45) is 4.34. The number of phenols is 1. The fourth-order valence-corrected chi connectivity index (χ4v) is 3.55. The third kappa shape index (κ3) is 5.40. The van der Waals surface area contributed by atoms with Crippen molar-refractivity contribution < 1.29 is 14.7 Å². The summed E-state index contributed by atoms with van der Waals surface area (Å²) >= 11 is 4.13. The summed E-state index contributed by atoms with van der Waals surface area (Å²) in [7, 11) is 0. The number of benzene rings is 1. The maximum Gasteiger partial charge on any atom is 0.259 e. The Kier molecular flexibility index (Phi) is 6.90. The first-order chi connectivity index (χ1) is 11.5. The van der Waals surface area contributed by atoms with Crippen molar-refractivity contribution in [2.24, 2.45) is 5.10 Å². The van der Waals surface area contributed by atoms with E-state index in [9.17, 15) is 14.7 Å². The number of rotatable bonds is 5. The summed E-state index contributed by atoms with van der Waals surface area (Å²) in [6.45, 7) is -0.214. The van der Waals surface area contributed by atoms with E-state index in [0.29, 0.717) is 14.7 Å². The van der Waals surface area contributed by atoms with Crippen LogP contribution in [0.3, 0.4) is 0 Å². The van der Waals surface area contributed by atoms with Crippen LogP contribution >= 0.6 is 45.2 Å².